The van der Waals surface area contributed by atoms with Gasteiger partial charge in [0.25, 0.3) is 10.0 Å². The number of hydrogen-bond donors (Lipinski definition) is 2. The standard InChI is InChI=1S/C20H18N2O3S/c1-15(23)21-17-10-7-11-18(14-17)22-26(24,25)20-13-6-5-12-19(20)16-8-3-2-4-9-16/h2-14,22H,1H3,(H,21,23). The number of benzene rings is 3. The highest BCUT2D eigenvalue weighted by molar-refractivity contribution is 7.92. The molecule has 0 saturated carbocycles. The van der Waals surface area contributed by atoms with Crippen LogP contribution in [0.2, 0.25) is 0 Å². The minimum atomic E-state index is -3.80. The fraction of sp³-hybridized carbons (Fsp3) is 0.0500. The summed E-state index contributed by atoms with van der Waals surface area (Å²) in [6.45, 7) is 1.40. The summed E-state index contributed by atoms with van der Waals surface area (Å²) in [6, 6.07) is 22.8. The molecule has 0 aliphatic heterocycles. The SMILES string of the molecule is CC(=O)Nc1cccc(NS(=O)(=O)c2ccccc2-c2ccccc2)c1. The van der Waals surface area contributed by atoms with Gasteiger partial charge in [0.05, 0.1) is 10.6 Å². The van der Waals surface area contributed by atoms with Gasteiger partial charge in [0.15, 0.2) is 0 Å². The Balaban J connectivity index is 1.96. The van der Waals surface area contributed by atoms with Gasteiger partial charge in [-0.3, -0.25) is 9.52 Å². The van der Waals surface area contributed by atoms with Gasteiger partial charge in [0.2, 0.25) is 5.91 Å². The van der Waals surface area contributed by atoms with Gasteiger partial charge < -0.3 is 5.32 Å². The van der Waals surface area contributed by atoms with Gasteiger partial charge in [0, 0.05) is 18.2 Å². The maximum absolute atomic E-state index is 12.9. The molecule has 5 nitrogen and oxygen atoms in total. The van der Waals surface area contributed by atoms with Gasteiger partial charge in [0.1, 0.15) is 0 Å². The molecule has 2 N–H and O–H groups in total. The fourth-order valence-corrected chi connectivity index (χ4v) is 3.91. The third-order valence-corrected chi connectivity index (χ3v) is 5.14. The van der Waals surface area contributed by atoms with Crippen LogP contribution < -0.4 is 10.0 Å². The van der Waals surface area contributed by atoms with Crippen molar-refractivity contribution in [3.05, 3.63) is 78.9 Å². The normalized spacial score (nSPS) is 11.0. The van der Waals surface area contributed by atoms with E-state index in [0.29, 0.717) is 16.9 Å². The minimum absolute atomic E-state index is 0.191. The van der Waals surface area contributed by atoms with Crippen molar-refractivity contribution in [2.45, 2.75) is 11.8 Å². The van der Waals surface area contributed by atoms with Crippen molar-refractivity contribution in [2.75, 3.05) is 10.0 Å². The Morgan fingerprint density at radius 3 is 2.19 bits per heavy atom. The molecule has 0 saturated heterocycles. The molecule has 0 aliphatic rings. The van der Waals surface area contributed by atoms with Crippen LogP contribution in [0.4, 0.5) is 11.4 Å². The summed E-state index contributed by atoms with van der Waals surface area (Å²) >= 11 is 0. The Morgan fingerprint density at radius 1 is 0.808 bits per heavy atom. The summed E-state index contributed by atoms with van der Waals surface area (Å²) in [5.74, 6) is -0.223. The first-order chi connectivity index (χ1) is 12.5. The van der Waals surface area contributed by atoms with Crippen molar-refractivity contribution in [1.82, 2.24) is 0 Å². The Bertz CT molecular complexity index is 1030. The summed E-state index contributed by atoms with van der Waals surface area (Å²) < 4.78 is 28.4. The van der Waals surface area contributed by atoms with Crippen molar-refractivity contribution in [3.8, 4) is 11.1 Å². The molecule has 132 valence electrons. The second-order valence-electron chi connectivity index (χ2n) is 5.73. The summed E-state index contributed by atoms with van der Waals surface area (Å²) in [5.41, 5.74) is 2.34. The number of amides is 1. The summed E-state index contributed by atoms with van der Waals surface area (Å²) in [6.07, 6.45) is 0. The highest BCUT2D eigenvalue weighted by Gasteiger charge is 2.19. The van der Waals surface area contributed by atoms with E-state index in [2.05, 4.69) is 10.0 Å². The zero-order valence-corrected chi connectivity index (χ0v) is 15.0. The lowest BCUT2D eigenvalue weighted by Crippen LogP contribution is -2.14. The van der Waals surface area contributed by atoms with E-state index in [4.69, 9.17) is 0 Å². The molecule has 3 rings (SSSR count). The van der Waals surface area contributed by atoms with Crippen molar-refractivity contribution in [2.24, 2.45) is 0 Å². The number of hydrogen-bond acceptors (Lipinski definition) is 3. The highest BCUT2D eigenvalue weighted by Crippen LogP contribution is 2.29. The van der Waals surface area contributed by atoms with Crippen LogP contribution in [-0.2, 0) is 14.8 Å². The first-order valence-corrected chi connectivity index (χ1v) is 9.49. The largest absolute Gasteiger partial charge is 0.326 e. The van der Waals surface area contributed by atoms with Gasteiger partial charge >= 0.3 is 0 Å². The monoisotopic (exact) mass is 366 g/mol. The van der Waals surface area contributed by atoms with E-state index >= 15 is 0 Å². The molecular formula is C20H18N2O3S. The Morgan fingerprint density at radius 2 is 1.46 bits per heavy atom. The molecule has 0 atom stereocenters. The van der Waals surface area contributed by atoms with Gasteiger partial charge in [-0.2, -0.15) is 0 Å². The van der Waals surface area contributed by atoms with E-state index in [1.807, 2.05) is 30.3 Å². The molecule has 3 aromatic rings. The molecule has 0 fully saturated rings. The first-order valence-electron chi connectivity index (χ1n) is 8.01. The second-order valence-corrected chi connectivity index (χ2v) is 7.38. The van der Waals surface area contributed by atoms with Crippen molar-refractivity contribution >= 4 is 27.3 Å². The van der Waals surface area contributed by atoms with E-state index in [-0.39, 0.29) is 10.8 Å². The van der Waals surface area contributed by atoms with Crippen LogP contribution in [-0.4, -0.2) is 14.3 Å². The molecule has 0 bridgehead atoms. The molecular weight excluding hydrogens is 348 g/mol. The van der Waals surface area contributed by atoms with Crippen LogP contribution in [0.1, 0.15) is 6.92 Å². The maximum atomic E-state index is 12.9. The van der Waals surface area contributed by atoms with Crippen molar-refractivity contribution in [3.63, 3.8) is 0 Å². The van der Waals surface area contributed by atoms with Gasteiger partial charge in [-0.15, -0.1) is 0 Å². The quantitative estimate of drug-likeness (QED) is 0.713. The van der Waals surface area contributed by atoms with Crippen molar-refractivity contribution < 1.29 is 13.2 Å². The number of nitrogens with one attached hydrogen (secondary N) is 2. The summed E-state index contributed by atoms with van der Waals surface area (Å²) in [7, 11) is -3.80. The lowest BCUT2D eigenvalue weighted by atomic mass is 10.1. The van der Waals surface area contributed by atoms with E-state index in [1.165, 1.54) is 6.92 Å². The smallest absolute Gasteiger partial charge is 0.262 e. The van der Waals surface area contributed by atoms with Crippen LogP contribution in [0.25, 0.3) is 11.1 Å². The van der Waals surface area contributed by atoms with Crippen LogP contribution >= 0.6 is 0 Å². The molecule has 3 aromatic carbocycles. The highest BCUT2D eigenvalue weighted by atomic mass is 32.2. The lowest BCUT2D eigenvalue weighted by molar-refractivity contribution is -0.114. The van der Waals surface area contributed by atoms with Gasteiger partial charge in [-0.1, -0.05) is 54.6 Å². The molecule has 0 spiro atoms. The van der Waals surface area contributed by atoms with E-state index in [0.717, 1.165) is 5.56 Å². The Hall–Kier alpha value is -3.12. The number of rotatable bonds is 5. The molecule has 1 amide bonds. The summed E-state index contributed by atoms with van der Waals surface area (Å²) in [5, 5.41) is 2.63. The van der Waals surface area contributed by atoms with E-state index in [1.54, 1.807) is 48.5 Å². The lowest BCUT2D eigenvalue weighted by Gasteiger charge is -2.13. The second kappa shape index (κ2) is 7.41. The number of carbonyl (C=O) groups excluding carboxylic acids is 1. The molecule has 26 heavy (non-hydrogen) atoms. The predicted octanol–water partition coefficient (Wildman–Crippen LogP) is 4.11. The Kier molecular flexibility index (Phi) is 5.04. The van der Waals surface area contributed by atoms with E-state index in [9.17, 15) is 13.2 Å². The van der Waals surface area contributed by atoms with E-state index < -0.39 is 10.0 Å². The first kappa shape index (κ1) is 17.7. The number of sulfonamides is 1. The zero-order valence-electron chi connectivity index (χ0n) is 14.1. The molecule has 6 heteroatoms. The number of carbonyl (C=O) groups is 1. The minimum Gasteiger partial charge on any atom is -0.326 e. The molecule has 0 radical (unpaired) electrons. The third-order valence-electron chi connectivity index (χ3n) is 3.70. The molecule has 0 heterocycles. The van der Waals surface area contributed by atoms with Crippen LogP contribution in [0.5, 0.6) is 0 Å². The van der Waals surface area contributed by atoms with Gasteiger partial charge in [-0.25, -0.2) is 8.42 Å². The molecule has 0 aliphatic carbocycles. The van der Waals surface area contributed by atoms with Crippen molar-refractivity contribution in [1.29, 1.82) is 0 Å². The third kappa shape index (κ3) is 4.10. The zero-order chi connectivity index (χ0) is 18.6. The molecule has 0 unspecified atom stereocenters. The topological polar surface area (TPSA) is 75.3 Å². The fourth-order valence-electron chi connectivity index (χ4n) is 2.63. The average Bonchev–Trinajstić information content (AvgIpc) is 2.62. The van der Waals surface area contributed by atoms with Gasteiger partial charge in [-0.05, 0) is 29.8 Å². The maximum Gasteiger partial charge on any atom is 0.262 e. The number of anilines is 2. The molecule has 0 aromatic heterocycles. The van der Waals surface area contributed by atoms with Crippen LogP contribution in [0.3, 0.4) is 0 Å². The summed E-state index contributed by atoms with van der Waals surface area (Å²) in [4.78, 5) is 11.4. The average molecular weight is 366 g/mol. The Labute approximate surface area is 152 Å². The predicted molar refractivity (Wildman–Crippen MR) is 103 cm³/mol. The van der Waals surface area contributed by atoms with Crippen LogP contribution in [0.15, 0.2) is 83.8 Å². The van der Waals surface area contributed by atoms with Crippen LogP contribution in [0, 0.1) is 0 Å².